The van der Waals surface area contributed by atoms with E-state index >= 15 is 0 Å². The second-order valence-corrected chi connectivity index (χ2v) is 6.31. The molecule has 0 spiro atoms. The summed E-state index contributed by atoms with van der Waals surface area (Å²) >= 11 is 4.06. The Labute approximate surface area is 111 Å². The van der Waals surface area contributed by atoms with Gasteiger partial charge < -0.3 is 0 Å². The average molecular weight is 261 g/mol. The predicted octanol–water partition coefficient (Wildman–Crippen LogP) is 6.08. The molecule has 2 heteroatoms. The summed E-state index contributed by atoms with van der Waals surface area (Å²) in [6.07, 6.45) is 9.39. The molecule has 0 aromatic carbocycles. The lowest BCUT2D eigenvalue weighted by molar-refractivity contribution is 0.672. The summed E-state index contributed by atoms with van der Waals surface area (Å²) in [5.41, 5.74) is 0. The van der Waals surface area contributed by atoms with Gasteiger partial charge in [0, 0.05) is 0 Å². The average Bonchev–Trinajstić information content (AvgIpc) is 2.31. The fourth-order valence-corrected chi connectivity index (χ4v) is 3.28. The number of unbranched alkanes of at least 4 members (excludes halogenated alkanes) is 3. The largest absolute Gasteiger partial charge is 0.133 e. The van der Waals surface area contributed by atoms with Crippen LogP contribution in [0.25, 0.3) is 0 Å². The fourth-order valence-electron chi connectivity index (χ4n) is 1.39. The molecule has 0 aliphatic heterocycles. The van der Waals surface area contributed by atoms with Gasteiger partial charge in [0.05, 0.1) is 0 Å². The molecule has 0 N–H and O–H groups in total. The molecule has 0 saturated carbocycles. The molecule has 0 aliphatic rings. The zero-order valence-electron chi connectivity index (χ0n) is 11.3. The van der Waals surface area contributed by atoms with Gasteiger partial charge in [0.2, 0.25) is 0 Å². The van der Waals surface area contributed by atoms with E-state index in [1.54, 1.807) is 4.91 Å². The number of thioether (sulfide) groups is 2. The molecule has 0 heterocycles. The second-order valence-electron chi connectivity index (χ2n) is 4.11. The first-order chi connectivity index (χ1) is 7.85. The Morgan fingerprint density at radius 3 is 2.25 bits per heavy atom. The monoisotopic (exact) mass is 260 g/mol. The Kier molecular flexibility index (Phi) is 13.9. The summed E-state index contributed by atoms with van der Waals surface area (Å²) in [6, 6.07) is 0. The molecular formula is C14H28S2. The Balaban J connectivity index is 3.75. The van der Waals surface area contributed by atoms with Crippen molar-refractivity contribution in [1.29, 1.82) is 0 Å². The van der Waals surface area contributed by atoms with Gasteiger partial charge in [-0.3, -0.25) is 0 Å². The molecule has 0 nitrogen and oxygen atoms in total. The van der Waals surface area contributed by atoms with Crippen LogP contribution in [0.4, 0.5) is 0 Å². The third-order valence-electron chi connectivity index (χ3n) is 2.31. The summed E-state index contributed by atoms with van der Waals surface area (Å²) in [6.45, 7) is 6.79. The minimum absolute atomic E-state index is 1.27. The minimum Gasteiger partial charge on any atom is -0.133 e. The summed E-state index contributed by atoms with van der Waals surface area (Å²) in [7, 11) is 0. The van der Waals surface area contributed by atoms with Crippen LogP contribution in [-0.4, -0.2) is 11.5 Å². The van der Waals surface area contributed by atoms with Crippen LogP contribution in [0.5, 0.6) is 0 Å². The summed E-state index contributed by atoms with van der Waals surface area (Å²) in [5.74, 6) is 2.55. The van der Waals surface area contributed by atoms with Crippen LogP contribution < -0.4 is 0 Å². The normalized spacial score (nSPS) is 12.1. The zero-order chi connectivity index (χ0) is 12.1. The van der Waals surface area contributed by atoms with Gasteiger partial charge in [-0.15, -0.1) is 23.5 Å². The lowest BCUT2D eigenvalue weighted by Gasteiger charge is -2.06. The Morgan fingerprint density at radius 1 is 0.875 bits per heavy atom. The molecular weight excluding hydrogens is 232 g/mol. The molecule has 0 aromatic heterocycles. The molecule has 0 fully saturated rings. The van der Waals surface area contributed by atoms with Crippen molar-refractivity contribution < 1.29 is 0 Å². The highest BCUT2D eigenvalue weighted by Crippen LogP contribution is 2.26. The first-order valence-electron chi connectivity index (χ1n) is 6.78. The molecule has 16 heavy (non-hydrogen) atoms. The van der Waals surface area contributed by atoms with Crippen molar-refractivity contribution in [2.45, 2.75) is 65.7 Å². The van der Waals surface area contributed by atoms with Crippen molar-refractivity contribution in [3.05, 3.63) is 10.3 Å². The van der Waals surface area contributed by atoms with Gasteiger partial charge in [-0.05, 0) is 47.5 Å². The molecule has 0 aromatic rings. The van der Waals surface area contributed by atoms with E-state index in [1.807, 2.05) is 11.8 Å². The van der Waals surface area contributed by atoms with Gasteiger partial charge in [0.25, 0.3) is 0 Å². The smallest absolute Gasteiger partial charge is 0.00257 e. The van der Waals surface area contributed by atoms with Gasteiger partial charge in [0.15, 0.2) is 0 Å². The molecule has 0 unspecified atom stereocenters. The quantitative estimate of drug-likeness (QED) is 0.413. The Bertz CT molecular complexity index is 164. The molecule has 0 atom stereocenters. The van der Waals surface area contributed by atoms with Crippen LogP contribution in [0.1, 0.15) is 65.7 Å². The van der Waals surface area contributed by atoms with E-state index in [4.69, 9.17) is 0 Å². The van der Waals surface area contributed by atoms with E-state index in [0.29, 0.717) is 0 Å². The van der Waals surface area contributed by atoms with E-state index in [0.717, 1.165) is 0 Å². The summed E-state index contributed by atoms with van der Waals surface area (Å²) < 4.78 is 0. The van der Waals surface area contributed by atoms with E-state index in [-0.39, 0.29) is 0 Å². The predicted molar refractivity (Wildman–Crippen MR) is 82.3 cm³/mol. The lowest BCUT2D eigenvalue weighted by atomic mass is 10.1. The molecule has 0 amide bonds. The van der Waals surface area contributed by atoms with Crippen molar-refractivity contribution in [2.75, 3.05) is 11.5 Å². The highest BCUT2D eigenvalue weighted by atomic mass is 32.2. The topological polar surface area (TPSA) is 0 Å². The lowest BCUT2D eigenvalue weighted by Crippen LogP contribution is -1.83. The summed E-state index contributed by atoms with van der Waals surface area (Å²) in [5, 5.41) is 2.41. The Morgan fingerprint density at radius 2 is 1.62 bits per heavy atom. The van der Waals surface area contributed by atoms with Crippen molar-refractivity contribution in [2.24, 2.45) is 0 Å². The number of hydrogen-bond donors (Lipinski definition) is 0. The zero-order valence-corrected chi connectivity index (χ0v) is 12.9. The first-order valence-corrected chi connectivity index (χ1v) is 8.82. The molecule has 0 bridgehead atoms. The Hall–Kier alpha value is 0.440. The van der Waals surface area contributed by atoms with Gasteiger partial charge in [-0.25, -0.2) is 0 Å². The number of hydrogen-bond acceptors (Lipinski definition) is 2. The highest BCUT2D eigenvalue weighted by molar-refractivity contribution is 8.06. The SMILES string of the molecule is CCCCCC/C(=C/SCCC)SCCC. The van der Waals surface area contributed by atoms with Crippen LogP contribution in [0.2, 0.25) is 0 Å². The van der Waals surface area contributed by atoms with Gasteiger partial charge in [-0.2, -0.15) is 0 Å². The molecule has 0 rings (SSSR count). The number of allylic oxidation sites excluding steroid dienone is 1. The maximum atomic E-state index is 2.41. The highest BCUT2D eigenvalue weighted by Gasteiger charge is 1.98. The minimum atomic E-state index is 1.27. The van der Waals surface area contributed by atoms with Crippen LogP contribution in [0, 0.1) is 0 Å². The van der Waals surface area contributed by atoms with Gasteiger partial charge in [-0.1, -0.05) is 40.0 Å². The molecule has 0 aliphatic carbocycles. The summed E-state index contributed by atoms with van der Waals surface area (Å²) in [4.78, 5) is 1.62. The van der Waals surface area contributed by atoms with E-state index in [9.17, 15) is 0 Å². The van der Waals surface area contributed by atoms with Crippen LogP contribution in [0.3, 0.4) is 0 Å². The van der Waals surface area contributed by atoms with E-state index in [1.165, 1.54) is 56.5 Å². The van der Waals surface area contributed by atoms with Crippen molar-refractivity contribution in [3.63, 3.8) is 0 Å². The fraction of sp³-hybridized carbons (Fsp3) is 0.857. The van der Waals surface area contributed by atoms with Crippen LogP contribution in [0.15, 0.2) is 10.3 Å². The van der Waals surface area contributed by atoms with Gasteiger partial charge in [0.1, 0.15) is 0 Å². The second kappa shape index (κ2) is 13.5. The van der Waals surface area contributed by atoms with Crippen molar-refractivity contribution in [3.8, 4) is 0 Å². The maximum absolute atomic E-state index is 2.41. The van der Waals surface area contributed by atoms with Gasteiger partial charge >= 0.3 is 0 Å². The van der Waals surface area contributed by atoms with Crippen molar-refractivity contribution >= 4 is 23.5 Å². The standard InChI is InChI=1S/C14H28S2/c1-4-7-8-9-10-14(16-12-6-3)13-15-11-5-2/h13H,4-12H2,1-3H3/b14-13-. The molecule has 96 valence electrons. The van der Waals surface area contributed by atoms with Crippen LogP contribution >= 0.6 is 23.5 Å². The van der Waals surface area contributed by atoms with Crippen LogP contribution in [-0.2, 0) is 0 Å². The first kappa shape index (κ1) is 16.4. The third-order valence-corrected chi connectivity index (χ3v) is 4.85. The molecule has 0 saturated heterocycles. The number of rotatable bonds is 11. The third kappa shape index (κ3) is 10.9. The maximum Gasteiger partial charge on any atom is -0.00257 e. The van der Waals surface area contributed by atoms with E-state index in [2.05, 4.69) is 37.9 Å². The van der Waals surface area contributed by atoms with Crippen molar-refractivity contribution in [1.82, 2.24) is 0 Å². The molecule has 0 radical (unpaired) electrons. The van der Waals surface area contributed by atoms with E-state index < -0.39 is 0 Å².